The minimum absolute atomic E-state index is 0.163. The lowest BCUT2D eigenvalue weighted by Crippen LogP contribution is -2.07. The van der Waals surface area contributed by atoms with Crippen molar-refractivity contribution in [3.05, 3.63) is 32.4 Å². The van der Waals surface area contributed by atoms with Gasteiger partial charge in [0, 0.05) is 14.7 Å². The molecule has 0 atom stereocenters. The fourth-order valence-corrected chi connectivity index (χ4v) is 2.13. The van der Waals surface area contributed by atoms with Crippen molar-refractivity contribution in [3.8, 4) is 6.07 Å². The average Bonchev–Trinajstić information content (AvgIpc) is 2.27. The van der Waals surface area contributed by atoms with Crippen LogP contribution in [0.2, 0.25) is 0 Å². The predicted octanol–water partition coefficient (Wildman–Crippen LogP) is 2.55. The van der Waals surface area contributed by atoms with Crippen LogP contribution in [0.4, 0.5) is 0 Å². The largest absolute Gasteiger partial charge is 0.298 e. The van der Waals surface area contributed by atoms with E-state index < -0.39 is 0 Å². The zero-order valence-electron chi connectivity index (χ0n) is 7.46. The van der Waals surface area contributed by atoms with Gasteiger partial charge in [-0.15, -0.1) is 0 Å². The van der Waals surface area contributed by atoms with E-state index in [2.05, 4.69) is 15.9 Å². The summed E-state index contributed by atoms with van der Waals surface area (Å²) in [7, 11) is 0. The van der Waals surface area contributed by atoms with Crippen molar-refractivity contribution in [1.29, 1.82) is 5.26 Å². The van der Waals surface area contributed by atoms with Crippen LogP contribution in [0, 0.1) is 14.9 Å². The van der Waals surface area contributed by atoms with Crippen molar-refractivity contribution in [1.82, 2.24) is 0 Å². The van der Waals surface area contributed by atoms with E-state index in [1.807, 2.05) is 28.7 Å². The summed E-state index contributed by atoms with van der Waals surface area (Å²) >= 11 is 4.94. The molecule has 1 aromatic carbocycles. The van der Waals surface area contributed by atoms with Crippen LogP contribution in [-0.2, 0) is 0 Å². The van der Waals surface area contributed by atoms with Gasteiger partial charge in [-0.1, -0.05) is 15.9 Å². The molecule has 0 radical (unpaired) electrons. The third kappa shape index (κ3) is 2.44. The topological polar surface area (TPSA) is 57.9 Å². The number of alkyl halides is 1. The Balaban J connectivity index is 3.45. The summed E-state index contributed by atoms with van der Waals surface area (Å²) in [4.78, 5) is 22.3. The molecule has 0 saturated carbocycles. The van der Waals surface area contributed by atoms with Crippen LogP contribution in [0.25, 0.3) is 0 Å². The van der Waals surface area contributed by atoms with Crippen molar-refractivity contribution in [2.45, 2.75) is 0 Å². The number of nitrogens with zero attached hydrogens (tertiary/aromatic N) is 1. The molecule has 0 spiro atoms. The van der Waals surface area contributed by atoms with E-state index in [4.69, 9.17) is 5.26 Å². The minimum Gasteiger partial charge on any atom is -0.298 e. The predicted molar refractivity (Wildman–Crippen MR) is 67.4 cm³/mol. The van der Waals surface area contributed by atoms with Gasteiger partial charge in [-0.2, -0.15) is 5.26 Å². The van der Waals surface area contributed by atoms with Gasteiger partial charge in [0.1, 0.15) is 6.07 Å². The van der Waals surface area contributed by atoms with Gasteiger partial charge in [-0.3, -0.25) is 9.59 Å². The summed E-state index contributed by atoms with van der Waals surface area (Å²) in [5.74, 6) is -0.167. The Morgan fingerprint density at radius 3 is 2.73 bits per heavy atom. The van der Waals surface area contributed by atoms with Crippen molar-refractivity contribution >= 4 is 50.6 Å². The highest BCUT2D eigenvalue weighted by atomic mass is 127. The fraction of sp³-hybridized carbons (Fsp3) is 0.100. The molecule has 0 aliphatic carbocycles. The maximum absolute atomic E-state index is 11.5. The standard InChI is InChI=1S/C10H5BrINO2/c11-3-9(15)7-2-1-6(4-13)10(12)8(7)5-14/h1-2,5H,3H2. The highest BCUT2D eigenvalue weighted by molar-refractivity contribution is 14.1. The van der Waals surface area contributed by atoms with Gasteiger partial charge in [0.05, 0.1) is 10.9 Å². The molecule has 0 aliphatic rings. The first-order chi connectivity index (χ1) is 7.15. The molecule has 3 nitrogen and oxygen atoms in total. The minimum atomic E-state index is -0.167. The third-order valence-electron chi connectivity index (χ3n) is 1.84. The quantitative estimate of drug-likeness (QED) is 0.352. The molecule has 0 heterocycles. The van der Waals surface area contributed by atoms with E-state index in [-0.39, 0.29) is 11.1 Å². The van der Waals surface area contributed by atoms with E-state index in [1.54, 1.807) is 6.07 Å². The third-order valence-corrected chi connectivity index (χ3v) is 3.51. The SMILES string of the molecule is N#Cc1ccc(C(=O)CBr)c(C=O)c1I. The normalized spacial score (nSPS) is 9.40. The Hall–Kier alpha value is -0.740. The average molecular weight is 378 g/mol. The van der Waals surface area contributed by atoms with Gasteiger partial charge >= 0.3 is 0 Å². The molecule has 0 aliphatic heterocycles. The van der Waals surface area contributed by atoms with Crippen LogP contribution in [0.15, 0.2) is 12.1 Å². The molecule has 76 valence electrons. The second kappa shape index (κ2) is 5.37. The number of benzene rings is 1. The molecule has 15 heavy (non-hydrogen) atoms. The van der Waals surface area contributed by atoms with Gasteiger partial charge in [-0.05, 0) is 34.7 Å². The van der Waals surface area contributed by atoms with Crippen LogP contribution in [0.3, 0.4) is 0 Å². The molecule has 1 aromatic rings. The number of carbonyl (C=O) groups is 2. The van der Waals surface area contributed by atoms with E-state index in [0.717, 1.165) is 0 Å². The molecular weight excluding hydrogens is 373 g/mol. The number of Topliss-reactive ketones (excluding diaryl/α,β-unsaturated/α-hetero) is 1. The number of halogens is 2. The Labute approximate surface area is 109 Å². The first kappa shape index (κ1) is 12.3. The summed E-state index contributed by atoms with van der Waals surface area (Å²) in [6.07, 6.45) is 0.610. The summed E-state index contributed by atoms with van der Waals surface area (Å²) in [6.45, 7) is 0. The highest BCUT2D eigenvalue weighted by Gasteiger charge is 2.15. The van der Waals surface area contributed by atoms with Crippen LogP contribution in [0.5, 0.6) is 0 Å². The maximum atomic E-state index is 11.5. The molecule has 1 rings (SSSR count). The van der Waals surface area contributed by atoms with Gasteiger partial charge in [0.15, 0.2) is 12.1 Å². The summed E-state index contributed by atoms with van der Waals surface area (Å²) < 4.78 is 0.525. The number of nitriles is 1. The molecule has 5 heteroatoms. The van der Waals surface area contributed by atoms with Crippen LogP contribution in [0.1, 0.15) is 26.3 Å². The number of ketones is 1. The number of aldehydes is 1. The first-order valence-corrected chi connectivity index (χ1v) is 6.12. The molecule has 0 amide bonds. The van der Waals surface area contributed by atoms with Crippen molar-refractivity contribution < 1.29 is 9.59 Å². The first-order valence-electron chi connectivity index (χ1n) is 3.92. The lowest BCUT2D eigenvalue weighted by atomic mass is 10.0. The van der Waals surface area contributed by atoms with Gasteiger partial charge < -0.3 is 0 Å². The summed E-state index contributed by atoms with van der Waals surface area (Å²) in [5.41, 5.74) is 1.05. The summed E-state index contributed by atoms with van der Waals surface area (Å²) in [5, 5.41) is 8.92. The lowest BCUT2D eigenvalue weighted by Gasteiger charge is -2.05. The van der Waals surface area contributed by atoms with Crippen molar-refractivity contribution in [2.24, 2.45) is 0 Å². The zero-order valence-corrected chi connectivity index (χ0v) is 11.2. The Bertz CT molecular complexity index is 465. The molecule has 0 fully saturated rings. The molecule has 0 aromatic heterocycles. The number of hydrogen-bond acceptors (Lipinski definition) is 3. The van der Waals surface area contributed by atoms with Crippen LogP contribution in [-0.4, -0.2) is 17.4 Å². The Morgan fingerprint density at radius 1 is 1.60 bits per heavy atom. The van der Waals surface area contributed by atoms with E-state index in [1.165, 1.54) is 6.07 Å². The highest BCUT2D eigenvalue weighted by Crippen LogP contribution is 2.20. The van der Waals surface area contributed by atoms with E-state index >= 15 is 0 Å². The smallest absolute Gasteiger partial charge is 0.174 e. The number of carbonyl (C=O) groups excluding carboxylic acids is 2. The van der Waals surface area contributed by atoms with E-state index in [9.17, 15) is 9.59 Å². The Kier molecular flexibility index (Phi) is 4.42. The molecule has 0 N–H and O–H groups in total. The fourth-order valence-electron chi connectivity index (χ4n) is 1.11. The van der Waals surface area contributed by atoms with Crippen molar-refractivity contribution in [3.63, 3.8) is 0 Å². The van der Waals surface area contributed by atoms with Crippen molar-refractivity contribution in [2.75, 3.05) is 5.33 Å². The Morgan fingerprint density at radius 2 is 2.27 bits per heavy atom. The number of hydrogen-bond donors (Lipinski definition) is 0. The molecule has 0 saturated heterocycles. The monoisotopic (exact) mass is 377 g/mol. The second-order valence-electron chi connectivity index (χ2n) is 2.67. The van der Waals surface area contributed by atoms with Gasteiger partial charge in [0.25, 0.3) is 0 Å². The molecule has 0 unspecified atom stereocenters. The summed E-state index contributed by atoms with van der Waals surface area (Å²) in [6, 6.07) is 5.02. The number of rotatable bonds is 3. The maximum Gasteiger partial charge on any atom is 0.174 e. The van der Waals surface area contributed by atoms with Crippen LogP contribution < -0.4 is 0 Å². The lowest BCUT2D eigenvalue weighted by molar-refractivity contribution is 0.101. The van der Waals surface area contributed by atoms with Gasteiger partial charge in [-0.25, -0.2) is 0 Å². The van der Waals surface area contributed by atoms with E-state index in [0.29, 0.717) is 26.5 Å². The molecular formula is C10H5BrINO2. The van der Waals surface area contributed by atoms with Gasteiger partial charge in [0.2, 0.25) is 0 Å². The zero-order chi connectivity index (χ0) is 11.4. The molecule has 0 bridgehead atoms. The second-order valence-corrected chi connectivity index (χ2v) is 4.31. The van der Waals surface area contributed by atoms with Crippen LogP contribution >= 0.6 is 38.5 Å².